The van der Waals surface area contributed by atoms with Gasteiger partial charge in [0.1, 0.15) is 0 Å². The number of halogens is 3. The van der Waals surface area contributed by atoms with Crippen LogP contribution < -0.4 is 5.32 Å². The smallest absolute Gasteiger partial charge is 0.314 e. The standard InChI is InChI=1S/C11H22F3NS/c1-9(5-4-7-11(12,13)14)15-8-6-10(2)16-3/h9-10,15H,4-8H2,1-3H3. The number of hydrogen-bond acceptors (Lipinski definition) is 2. The van der Waals surface area contributed by atoms with Crippen molar-refractivity contribution in [3.8, 4) is 0 Å². The van der Waals surface area contributed by atoms with Gasteiger partial charge in [-0.05, 0) is 39.0 Å². The number of rotatable bonds is 8. The van der Waals surface area contributed by atoms with Gasteiger partial charge in [-0.1, -0.05) is 6.92 Å². The van der Waals surface area contributed by atoms with Crippen molar-refractivity contribution in [2.45, 2.75) is 57.0 Å². The maximum absolute atomic E-state index is 11.9. The van der Waals surface area contributed by atoms with Gasteiger partial charge < -0.3 is 5.32 Å². The van der Waals surface area contributed by atoms with Crippen LogP contribution in [0.4, 0.5) is 13.2 Å². The lowest BCUT2D eigenvalue weighted by molar-refractivity contribution is -0.135. The zero-order valence-electron chi connectivity index (χ0n) is 10.2. The molecule has 0 aliphatic carbocycles. The molecule has 98 valence electrons. The summed E-state index contributed by atoms with van der Waals surface area (Å²) in [6.07, 6.45) is -0.738. The highest BCUT2D eigenvalue weighted by molar-refractivity contribution is 7.99. The van der Waals surface area contributed by atoms with Gasteiger partial charge in [0.05, 0.1) is 0 Å². The summed E-state index contributed by atoms with van der Waals surface area (Å²) in [7, 11) is 0. The Labute approximate surface area is 101 Å². The normalized spacial score (nSPS) is 16.1. The van der Waals surface area contributed by atoms with E-state index in [2.05, 4.69) is 18.5 Å². The minimum absolute atomic E-state index is 0.177. The van der Waals surface area contributed by atoms with E-state index >= 15 is 0 Å². The molecule has 0 aromatic carbocycles. The van der Waals surface area contributed by atoms with Crippen molar-refractivity contribution in [2.75, 3.05) is 12.8 Å². The zero-order chi connectivity index (χ0) is 12.6. The third kappa shape index (κ3) is 10.6. The maximum atomic E-state index is 11.9. The predicted molar refractivity (Wildman–Crippen MR) is 65.0 cm³/mol. The Hall–Kier alpha value is 0.100. The van der Waals surface area contributed by atoms with E-state index in [1.54, 1.807) is 0 Å². The van der Waals surface area contributed by atoms with Gasteiger partial charge in [-0.2, -0.15) is 24.9 Å². The molecule has 16 heavy (non-hydrogen) atoms. The zero-order valence-corrected chi connectivity index (χ0v) is 11.0. The molecule has 2 atom stereocenters. The van der Waals surface area contributed by atoms with E-state index in [9.17, 15) is 13.2 Å². The van der Waals surface area contributed by atoms with Crippen LogP contribution in [0.2, 0.25) is 0 Å². The topological polar surface area (TPSA) is 12.0 Å². The molecule has 5 heteroatoms. The van der Waals surface area contributed by atoms with E-state index in [4.69, 9.17) is 0 Å². The molecule has 0 amide bonds. The van der Waals surface area contributed by atoms with E-state index in [0.717, 1.165) is 13.0 Å². The highest BCUT2D eigenvalue weighted by atomic mass is 32.2. The summed E-state index contributed by atoms with van der Waals surface area (Å²) in [5, 5.41) is 3.86. The average molecular weight is 257 g/mol. The number of hydrogen-bond donors (Lipinski definition) is 1. The molecule has 0 saturated carbocycles. The van der Waals surface area contributed by atoms with Crippen molar-refractivity contribution in [1.29, 1.82) is 0 Å². The van der Waals surface area contributed by atoms with Crippen molar-refractivity contribution >= 4 is 11.8 Å². The first-order valence-electron chi connectivity index (χ1n) is 5.68. The Bertz CT molecular complexity index is 173. The van der Waals surface area contributed by atoms with Crippen LogP contribution in [0.5, 0.6) is 0 Å². The largest absolute Gasteiger partial charge is 0.389 e. The molecule has 0 aromatic rings. The van der Waals surface area contributed by atoms with Gasteiger partial charge in [-0.3, -0.25) is 0 Å². The summed E-state index contributed by atoms with van der Waals surface area (Å²) in [5.74, 6) is 0. The average Bonchev–Trinajstić information content (AvgIpc) is 2.15. The minimum atomic E-state index is -4.01. The van der Waals surface area contributed by atoms with Crippen LogP contribution in [0.1, 0.15) is 39.5 Å². The summed E-state index contributed by atoms with van der Waals surface area (Å²) >= 11 is 1.81. The number of nitrogens with one attached hydrogen (secondary N) is 1. The summed E-state index contributed by atoms with van der Waals surface area (Å²) in [4.78, 5) is 0. The van der Waals surface area contributed by atoms with Crippen LogP contribution in [0.15, 0.2) is 0 Å². The van der Waals surface area contributed by atoms with Crippen molar-refractivity contribution in [1.82, 2.24) is 5.32 Å². The molecule has 0 bridgehead atoms. The fourth-order valence-electron chi connectivity index (χ4n) is 1.36. The Morgan fingerprint density at radius 1 is 1.19 bits per heavy atom. The number of alkyl halides is 3. The fourth-order valence-corrected chi connectivity index (χ4v) is 1.72. The molecule has 0 heterocycles. The Morgan fingerprint density at radius 3 is 2.31 bits per heavy atom. The third-order valence-electron chi connectivity index (χ3n) is 2.54. The second-order valence-electron chi connectivity index (χ2n) is 4.20. The Kier molecular flexibility index (Phi) is 8.28. The fraction of sp³-hybridized carbons (Fsp3) is 1.00. The van der Waals surface area contributed by atoms with Crippen LogP contribution in [0, 0.1) is 0 Å². The molecule has 0 rings (SSSR count). The molecule has 0 aromatic heterocycles. The van der Waals surface area contributed by atoms with Gasteiger partial charge >= 0.3 is 6.18 Å². The molecule has 0 aliphatic heterocycles. The van der Waals surface area contributed by atoms with E-state index in [0.29, 0.717) is 11.7 Å². The van der Waals surface area contributed by atoms with Crippen molar-refractivity contribution in [3.63, 3.8) is 0 Å². The van der Waals surface area contributed by atoms with E-state index in [-0.39, 0.29) is 12.5 Å². The van der Waals surface area contributed by atoms with Crippen molar-refractivity contribution in [3.05, 3.63) is 0 Å². The summed E-state index contributed by atoms with van der Waals surface area (Å²) in [6, 6.07) is 0.177. The molecule has 1 N–H and O–H groups in total. The number of thioether (sulfide) groups is 1. The quantitative estimate of drug-likeness (QED) is 0.709. The monoisotopic (exact) mass is 257 g/mol. The summed E-state index contributed by atoms with van der Waals surface area (Å²) in [5.41, 5.74) is 0. The molecule has 0 spiro atoms. The highest BCUT2D eigenvalue weighted by Crippen LogP contribution is 2.22. The molecule has 0 saturated heterocycles. The van der Waals surface area contributed by atoms with E-state index in [1.165, 1.54) is 0 Å². The van der Waals surface area contributed by atoms with Crippen LogP contribution in [-0.2, 0) is 0 Å². The second kappa shape index (κ2) is 8.23. The maximum Gasteiger partial charge on any atom is 0.389 e. The van der Waals surface area contributed by atoms with Crippen LogP contribution in [0.3, 0.4) is 0 Å². The summed E-state index contributed by atoms with van der Waals surface area (Å²) < 4.78 is 35.7. The summed E-state index contributed by atoms with van der Waals surface area (Å²) in [6.45, 7) is 4.98. The SMILES string of the molecule is CSC(C)CCNC(C)CCCC(F)(F)F. The first-order valence-corrected chi connectivity index (χ1v) is 6.97. The molecule has 1 nitrogen and oxygen atoms in total. The van der Waals surface area contributed by atoms with Gasteiger partial charge in [-0.25, -0.2) is 0 Å². The molecular formula is C11H22F3NS. The molecule has 0 radical (unpaired) electrons. The molecule has 0 aliphatic rings. The third-order valence-corrected chi connectivity index (χ3v) is 3.58. The second-order valence-corrected chi connectivity index (χ2v) is 5.47. The van der Waals surface area contributed by atoms with Gasteiger partial charge in [0.15, 0.2) is 0 Å². The lowest BCUT2D eigenvalue weighted by atomic mass is 10.1. The molecule has 0 fully saturated rings. The van der Waals surface area contributed by atoms with Crippen LogP contribution in [0.25, 0.3) is 0 Å². The first-order chi connectivity index (χ1) is 7.35. The van der Waals surface area contributed by atoms with Crippen LogP contribution >= 0.6 is 11.8 Å². The van der Waals surface area contributed by atoms with Crippen molar-refractivity contribution < 1.29 is 13.2 Å². The lowest BCUT2D eigenvalue weighted by Gasteiger charge is -2.15. The van der Waals surface area contributed by atoms with E-state index in [1.807, 2.05) is 18.7 Å². The van der Waals surface area contributed by atoms with E-state index < -0.39 is 12.6 Å². The van der Waals surface area contributed by atoms with Gasteiger partial charge in [0.2, 0.25) is 0 Å². The Balaban J connectivity index is 3.41. The van der Waals surface area contributed by atoms with Crippen LogP contribution in [-0.4, -0.2) is 30.3 Å². The highest BCUT2D eigenvalue weighted by Gasteiger charge is 2.26. The predicted octanol–water partition coefficient (Wildman–Crippen LogP) is 3.84. The van der Waals surface area contributed by atoms with Gasteiger partial charge in [0.25, 0.3) is 0 Å². The Morgan fingerprint density at radius 2 is 1.81 bits per heavy atom. The molecule has 2 unspecified atom stereocenters. The van der Waals surface area contributed by atoms with Gasteiger partial charge in [-0.15, -0.1) is 0 Å². The first kappa shape index (κ1) is 16.1. The lowest BCUT2D eigenvalue weighted by Crippen LogP contribution is -2.28. The minimum Gasteiger partial charge on any atom is -0.314 e. The van der Waals surface area contributed by atoms with Gasteiger partial charge in [0, 0.05) is 17.7 Å². The molecular weight excluding hydrogens is 235 g/mol. The van der Waals surface area contributed by atoms with Crippen molar-refractivity contribution in [2.24, 2.45) is 0 Å².